The van der Waals surface area contributed by atoms with Crippen LogP contribution in [0.4, 0.5) is 0 Å². The topological polar surface area (TPSA) is 89.8 Å². The van der Waals surface area contributed by atoms with E-state index in [1.54, 1.807) is 0 Å². The molecule has 0 aliphatic heterocycles. The number of hydrogen-bond acceptors (Lipinski definition) is 4. The summed E-state index contributed by atoms with van der Waals surface area (Å²) < 4.78 is 0. The van der Waals surface area contributed by atoms with Gasteiger partial charge in [-0.1, -0.05) is 149 Å². The number of hydrogen-bond donors (Lipinski definition) is 4. The maximum atomic E-state index is 12.3. The average Bonchev–Trinajstić information content (AvgIpc) is 2.88. The minimum Gasteiger partial charge on any atom is -0.394 e. The summed E-state index contributed by atoms with van der Waals surface area (Å²) in [6.45, 7) is 4.13. The van der Waals surface area contributed by atoms with Crippen molar-refractivity contribution < 1.29 is 20.1 Å². The van der Waals surface area contributed by atoms with Crippen molar-refractivity contribution in [3.05, 3.63) is 0 Å². The van der Waals surface area contributed by atoms with Crippen LogP contribution in [0.5, 0.6) is 0 Å². The Morgan fingerprint density at radius 2 is 0.944 bits per heavy atom. The fourth-order valence-corrected chi connectivity index (χ4v) is 4.92. The third-order valence-electron chi connectivity index (χ3n) is 7.46. The van der Waals surface area contributed by atoms with Crippen LogP contribution in [0, 0.1) is 0 Å². The Balaban J connectivity index is 3.72. The van der Waals surface area contributed by atoms with Crippen molar-refractivity contribution in [3.63, 3.8) is 0 Å². The smallest absolute Gasteiger partial charge is 0.220 e. The molecule has 0 aliphatic rings. The Labute approximate surface area is 224 Å². The van der Waals surface area contributed by atoms with Crippen molar-refractivity contribution in [1.82, 2.24) is 5.32 Å². The average molecular weight is 514 g/mol. The number of amides is 1. The summed E-state index contributed by atoms with van der Waals surface area (Å²) in [5.41, 5.74) is 0. The van der Waals surface area contributed by atoms with Crippen molar-refractivity contribution in [2.75, 3.05) is 6.61 Å². The second-order valence-corrected chi connectivity index (χ2v) is 11.0. The molecule has 0 fully saturated rings. The molecule has 36 heavy (non-hydrogen) atoms. The predicted molar refractivity (Wildman–Crippen MR) is 153 cm³/mol. The fraction of sp³-hybridized carbons (Fsp3) is 0.968. The monoisotopic (exact) mass is 513 g/mol. The van der Waals surface area contributed by atoms with Gasteiger partial charge >= 0.3 is 0 Å². The van der Waals surface area contributed by atoms with E-state index in [2.05, 4.69) is 19.2 Å². The Morgan fingerprint density at radius 3 is 1.33 bits per heavy atom. The molecule has 5 heteroatoms. The van der Waals surface area contributed by atoms with Gasteiger partial charge in [-0.3, -0.25) is 4.79 Å². The van der Waals surface area contributed by atoms with Gasteiger partial charge in [0.15, 0.2) is 0 Å². The SMILES string of the molecule is CCCCCCCCCCCCCCCC(=O)N[C@@H](CO)[C@H](O)[C@H](O)CCCCCCCCCCC. The minimum atomic E-state index is -1.13. The van der Waals surface area contributed by atoms with E-state index in [-0.39, 0.29) is 12.5 Å². The van der Waals surface area contributed by atoms with Crippen LogP contribution in [-0.4, -0.2) is 46.1 Å². The van der Waals surface area contributed by atoms with Gasteiger partial charge in [0.1, 0.15) is 6.10 Å². The first-order chi connectivity index (χ1) is 17.6. The number of rotatable bonds is 28. The van der Waals surface area contributed by atoms with Gasteiger partial charge in [-0.05, 0) is 12.8 Å². The fourth-order valence-electron chi connectivity index (χ4n) is 4.92. The molecule has 0 aliphatic carbocycles. The highest BCUT2D eigenvalue weighted by atomic mass is 16.3. The molecule has 0 aromatic carbocycles. The van der Waals surface area contributed by atoms with Crippen molar-refractivity contribution in [3.8, 4) is 0 Å². The highest BCUT2D eigenvalue weighted by Gasteiger charge is 2.26. The van der Waals surface area contributed by atoms with E-state index in [0.29, 0.717) is 12.8 Å². The zero-order valence-corrected chi connectivity index (χ0v) is 24.2. The van der Waals surface area contributed by atoms with Crippen LogP contribution >= 0.6 is 0 Å². The van der Waals surface area contributed by atoms with Crippen molar-refractivity contribution in [2.24, 2.45) is 0 Å². The second kappa shape index (κ2) is 27.4. The summed E-state index contributed by atoms with van der Waals surface area (Å²) in [5.74, 6) is -0.147. The third kappa shape index (κ3) is 22.5. The number of unbranched alkanes of at least 4 members (excludes halogenated alkanes) is 20. The predicted octanol–water partition coefficient (Wildman–Crippen LogP) is 7.59. The van der Waals surface area contributed by atoms with Gasteiger partial charge in [0.05, 0.1) is 18.8 Å². The maximum Gasteiger partial charge on any atom is 0.220 e. The zero-order chi connectivity index (χ0) is 26.7. The number of aliphatic hydroxyl groups is 3. The van der Waals surface area contributed by atoms with Crippen LogP contribution in [0.1, 0.15) is 168 Å². The van der Waals surface area contributed by atoms with Crippen LogP contribution in [-0.2, 0) is 4.79 Å². The van der Waals surface area contributed by atoms with Crippen LogP contribution < -0.4 is 5.32 Å². The Hall–Kier alpha value is -0.650. The van der Waals surface area contributed by atoms with Gasteiger partial charge in [0.2, 0.25) is 5.91 Å². The van der Waals surface area contributed by atoms with E-state index in [9.17, 15) is 20.1 Å². The molecule has 0 heterocycles. The Kier molecular flexibility index (Phi) is 26.9. The molecule has 216 valence electrons. The van der Waals surface area contributed by atoms with Crippen molar-refractivity contribution in [1.29, 1.82) is 0 Å². The lowest BCUT2D eigenvalue weighted by atomic mass is 9.99. The standard InChI is InChI=1S/C31H63NO4/c1-3-5-7-9-11-13-14-15-16-18-20-22-24-26-30(35)32-28(27-33)31(36)29(34)25-23-21-19-17-12-10-8-6-4-2/h28-29,31,33-34,36H,3-27H2,1-2H3,(H,32,35)/t28-,29+,31-/m0/s1. The highest BCUT2D eigenvalue weighted by Crippen LogP contribution is 2.15. The van der Waals surface area contributed by atoms with E-state index in [0.717, 1.165) is 38.5 Å². The summed E-state index contributed by atoms with van der Waals surface area (Å²) in [6.07, 6.45) is 26.2. The molecule has 0 saturated carbocycles. The second-order valence-electron chi connectivity index (χ2n) is 11.0. The van der Waals surface area contributed by atoms with E-state index in [1.807, 2.05) is 0 Å². The number of carbonyl (C=O) groups excluding carboxylic acids is 1. The van der Waals surface area contributed by atoms with Gasteiger partial charge in [-0.15, -0.1) is 0 Å². The van der Waals surface area contributed by atoms with Gasteiger partial charge in [-0.25, -0.2) is 0 Å². The van der Waals surface area contributed by atoms with Crippen LogP contribution in [0.15, 0.2) is 0 Å². The normalized spacial score (nSPS) is 14.0. The molecule has 0 unspecified atom stereocenters. The lowest BCUT2D eigenvalue weighted by molar-refractivity contribution is -0.124. The summed E-state index contributed by atoms with van der Waals surface area (Å²) >= 11 is 0. The van der Waals surface area contributed by atoms with E-state index in [4.69, 9.17) is 0 Å². The molecule has 1 amide bonds. The van der Waals surface area contributed by atoms with Crippen LogP contribution in [0.25, 0.3) is 0 Å². The lowest BCUT2D eigenvalue weighted by Gasteiger charge is -2.26. The van der Waals surface area contributed by atoms with E-state index in [1.165, 1.54) is 103 Å². The quantitative estimate of drug-likeness (QED) is 0.0811. The number of aliphatic hydroxyl groups excluding tert-OH is 3. The van der Waals surface area contributed by atoms with Gasteiger partial charge in [-0.2, -0.15) is 0 Å². The molecule has 0 bridgehead atoms. The summed E-state index contributed by atoms with van der Waals surface area (Å²) in [4.78, 5) is 12.3. The molecule has 5 nitrogen and oxygen atoms in total. The zero-order valence-electron chi connectivity index (χ0n) is 24.2. The molecule has 0 aromatic heterocycles. The molecule has 0 aromatic rings. The number of nitrogens with one attached hydrogen (secondary N) is 1. The molecule has 0 spiro atoms. The Bertz CT molecular complexity index is 460. The lowest BCUT2D eigenvalue weighted by Crippen LogP contribution is -2.50. The van der Waals surface area contributed by atoms with E-state index < -0.39 is 18.2 Å². The van der Waals surface area contributed by atoms with Crippen LogP contribution in [0.2, 0.25) is 0 Å². The van der Waals surface area contributed by atoms with Gasteiger partial charge in [0.25, 0.3) is 0 Å². The maximum absolute atomic E-state index is 12.3. The largest absolute Gasteiger partial charge is 0.394 e. The first-order valence-corrected chi connectivity index (χ1v) is 15.8. The molecule has 0 radical (unpaired) electrons. The molecule has 0 rings (SSSR count). The van der Waals surface area contributed by atoms with E-state index >= 15 is 0 Å². The highest BCUT2D eigenvalue weighted by molar-refractivity contribution is 5.76. The van der Waals surface area contributed by atoms with Crippen LogP contribution in [0.3, 0.4) is 0 Å². The summed E-state index contributed by atoms with van der Waals surface area (Å²) in [5, 5.41) is 33.1. The summed E-state index contributed by atoms with van der Waals surface area (Å²) in [7, 11) is 0. The van der Waals surface area contributed by atoms with Crippen molar-refractivity contribution >= 4 is 5.91 Å². The molecule has 0 saturated heterocycles. The third-order valence-corrected chi connectivity index (χ3v) is 7.46. The van der Waals surface area contributed by atoms with Gasteiger partial charge in [0, 0.05) is 6.42 Å². The molecule has 4 N–H and O–H groups in total. The molecular formula is C31H63NO4. The summed E-state index contributed by atoms with van der Waals surface area (Å²) in [6, 6.07) is -0.798. The Morgan fingerprint density at radius 1 is 0.583 bits per heavy atom. The minimum absolute atomic E-state index is 0.147. The molecule has 3 atom stereocenters. The van der Waals surface area contributed by atoms with Gasteiger partial charge < -0.3 is 20.6 Å². The first kappa shape index (κ1) is 35.4. The molecular weight excluding hydrogens is 450 g/mol. The van der Waals surface area contributed by atoms with Crippen molar-refractivity contribution in [2.45, 2.75) is 186 Å². The number of carbonyl (C=O) groups is 1. The first-order valence-electron chi connectivity index (χ1n) is 15.8.